The van der Waals surface area contributed by atoms with Crippen molar-refractivity contribution < 1.29 is 9.47 Å². The third-order valence-corrected chi connectivity index (χ3v) is 2.24. The summed E-state index contributed by atoms with van der Waals surface area (Å²) in [5.74, 6) is 0. The first-order chi connectivity index (χ1) is 5.36. The smallest absolute Gasteiger partial charge is 0.158 e. The normalized spacial score (nSPS) is 43.9. The number of rotatable bonds is 2. The van der Waals surface area contributed by atoms with Crippen LogP contribution in [0, 0.1) is 0 Å². The molecule has 64 valence electrons. The van der Waals surface area contributed by atoms with Crippen LogP contribution in [0.25, 0.3) is 0 Å². The summed E-state index contributed by atoms with van der Waals surface area (Å²) in [6.07, 6.45) is 4.80. The van der Waals surface area contributed by atoms with Gasteiger partial charge in [0.05, 0.1) is 6.10 Å². The highest BCUT2D eigenvalue weighted by Gasteiger charge is 2.37. The van der Waals surface area contributed by atoms with Gasteiger partial charge in [0.15, 0.2) is 6.29 Å². The second kappa shape index (κ2) is 3.09. The van der Waals surface area contributed by atoms with E-state index in [-0.39, 0.29) is 18.4 Å². The van der Waals surface area contributed by atoms with Gasteiger partial charge in [0.1, 0.15) is 0 Å². The Morgan fingerprint density at radius 3 is 2.73 bits per heavy atom. The van der Waals surface area contributed by atoms with E-state index >= 15 is 0 Å². The minimum Gasteiger partial charge on any atom is -0.353 e. The van der Waals surface area contributed by atoms with Gasteiger partial charge in [-0.25, -0.2) is 0 Å². The molecule has 0 radical (unpaired) electrons. The molecular weight excluding hydrogens is 142 g/mol. The first-order valence-corrected chi connectivity index (χ1v) is 4.39. The molecule has 1 saturated carbocycles. The fourth-order valence-electron chi connectivity index (χ4n) is 1.36. The van der Waals surface area contributed by atoms with Crippen molar-refractivity contribution in [3.63, 3.8) is 0 Å². The van der Waals surface area contributed by atoms with E-state index in [0.29, 0.717) is 0 Å². The first-order valence-electron chi connectivity index (χ1n) is 4.39. The Balaban J connectivity index is 1.68. The monoisotopic (exact) mass is 157 g/mol. The number of ether oxygens (including phenoxy) is 2. The number of hydrogen-bond donors (Lipinski definition) is 1. The van der Waals surface area contributed by atoms with Crippen LogP contribution in [-0.2, 0) is 9.47 Å². The van der Waals surface area contributed by atoms with Gasteiger partial charge in [-0.15, -0.1) is 0 Å². The van der Waals surface area contributed by atoms with Crippen molar-refractivity contribution >= 4 is 0 Å². The van der Waals surface area contributed by atoms with Crippen LogP contribution in [0.4, 0.5) is 0 Å². The summed E-state index contributed by atoms with van der Waals surface area (Å²) in [6, 6.07) is 0.278. The highest BCUT2D eigenvalue weighted by molar-refractivity contribution is 4.92. The summed E-state index contributed by atoms with van der Waals surface area (Å²) in [7, 11) is 0. The van der Waals surface area contributed by atoms with Gasteiger partial charge in [0.2, 0.25) is 0 Å². The van der Waals surface area contributed by atoms with Crippen molar-refractivity contribution in [3.8, 4) is 0 Å². The molecular formula is C8H15NO2. The molecule has 3 nitrogen and oxygen atoms in total. The SMILES string of the molecule is N[C@H]1C[C@@H]1O[C@H]1CCCCO1. The second-order valence-electron chi connectivity index (χ2n) is 3.37. The lowest BCUT2D eigenvalue weighted by Crippen LogP contribution is -2.25. The summed E-state index contributed by atoms with van der Waals surface area (Å²) >= 11 is 0. The van der Waals surface area contributed by atoms with Gasteiger partial charge in [0.25, 0.3) is 0 Å². The van der Waals surface area contributed by atoms with Gasteiger partial charge in [-0.2, -0.15) is 0 Å². The molecule has 0 amide bonds. The molecule has 0 aromatic carbocycles. The second-order valence-corrected chi connectivity index (χ2v) is 3.37. The Kier molecular flexibility index (Phi) is 2.11. The molecule has 0 aromatic rings. The van der Waals surface area contributed by atoms with Crippen LogP contribution in [0.1, 0.15) is 25.7 Å². The van der Waals surface area contributed by atoms with E-state index < -0.39 is 0 Å². The predicted molar refractivity (Wildman–Crippen MR) is 41.1 cm³/mol. The van der Waals surface area contributed by atoms with Crippen molar-refractivity contribution in [1.82, 2.24) is 0 Å². The molecule has 1 saturated heterocycles. The first kappa shape index (κ1) is 7.53. The molecule has 3 heteroatoms. The highest BCUT2D eigenvalue weighted by Crippen LogP contribution is 2.27. The summed E-state index contributed by atoms with van der Waals surface area (Å²) in [5, 5.41) is 0. The van der Waals surface area contributed by atoms with Crippen molar-refractivity contribution in [3.05, 3.63) is 0 Å². The van der Waals surface area contributed by atoms with Gasteiger partial charge < -0.3 is 15.2 Å². The average molecular weight is 157 g/mol. The summed E-state index contributed by atoms with van der Waals surface area (Å²) in [5.41, 5.74) is 5.60. The molecule has 2 fully saturated rings. The van der Waals surface area contributed by atoms with E-state index in [0.717, 1.165) is 19.4 Å². The molecule has 1 aliphatic heterocycles. The van der Waals surface area contributed by atoms with Crippen LogP contribution in [0.3, 0.4) is 0 Å². The predicted octanol–water partition coefficient (Wildman–Crippen LogP) is 0.629. The van der Waals surface area contributed by atoms with E-state index in [1.807, 2.05) is 0 Å². The van der Waals surface area contributed by atoms with Crippen molar-refractivity contribution in [1.29, 1.82) is 0 Å². The number of nitrogens with two attached hydrogens (primary N) is 1. The van der Waals surface area contributed by atoms with Crippen molar-refractivity contribution in [2.24, 2.45) is 5.73 Å². The lowest BCUT2D eigenvalue weighted by Gasteiger charge is -2.22. The molecule has 0 unspecified atom stereocenters. The van der Waals surface area contributed by atoms with E-state index in [1.54, 1.807) is 0 Å². The zero-order chi connectivity index (χ0) is 7.68. The molecule has 11 heavy (non-hydrogen) atoms. The fourth-order valence-corrected chi connectivity index (χ4v) is 1.36. The Labute approximate surface area is 66.8 Å². The van der Waals surface area contributed by atoms with E-state index in [4.69, 9.17) is 15.2 Å². The molecule has 2 rings (SSSR count). The highest BCUT2D eigenvalue weighted by atomic mass is 16.7. The standard InChI is InChI=1S/C8H15NO2/c9-6-5-7(6)11-8-3-1-2-4-10-8/h6-8H,1-5,9H2/t6-,7-,8-/m0/s1. The van der Waals surface area contributed by atoms with Gasteiger partial charge >= 0.3 is 0 Å². The lowest BCUT2D eigenvalue weighted by atomic mass is 10.2. The van der Waals surface area contributed by atoms with Crippen LogP contribution in [-0.4, -0.2) is 25.0 Å². The minimum atomic E-state index is 0.0438. The van der Waals surface area contributed by atoms with E-state index in [1.165, 1.54) is 12.8 Å². The van der Waals surface area contributed by atoms with Gasteiger partial charge in [-0.05, 0) is 25.7 Å². The van der Waals surface area contributed by atoms with Crippen molar-refractivity contribution in [2.75, 3.05) is 6.61 Å². The molecule has 0 spiro atoms. The third-order valence-electron chi connectivity index (χ3n) is 2.24. The van der Waals surface area contributed by atoms with Crippen LogP contribution < -0.4 is 5.73 Å². The Bertz CT molecular complexity index is 134. The topological polar surface area (TPSA) is 44.5 Å². The maximum Gasteiger partial charge on any atom is 0.158 e. The fraction of sp³-hybridized carbons (Fsp3) is 1.00. The molecule has 3 atom stereocenters. The van der Waals surface area contributed by atoms with E-state index in [9.17, 15) is 0 Å². The Morgan fingerprint density at radius 2 is 2.18 bits per heavy atom. The third kappa shape index (κ3) is 1.92. The summed E-state index contributed by atoms with van der Waals surface area (Å²) in [4.78, 5) is 0. The minimum absolute atomic E-state index is 0.0438. The Hall–Kier alpha value is -0.120. The molecule has 0 bridgehead atoms. The van der Waals surface area contributed by atoms with Crippen LogP contribution >= 0.6 is 0 Å². The van der Waals surface area contributed by atoms with Crippen LogP contribution in [0.2, 0.25) is 0 Å². The van der Waals surface area contributed by atoms with Gasteiger partial charge in [0, 0.05) is 12.6 Å². The van der Waals surface area contributed by atoms with Crippen LogP contribution in [0.15, 0.2) is 0 Å². The maximum atomic E-state index is 5.60. The van der Waals surface area contributed by atoms with E-state index in [2.05, 4.69) is 0 Å². The quantitative estimate of drug-likeness (QED) is 0.639. The van der Waals surface area contributed by atoms with Gasteiger partial charge in [-0.1, -0.05) is 0 Å². The number of hydrogen-bond acceptors (Lipinski definition) is 3. The molecule has 1 heterocycles. The summed E-state index contributed by atoms with van der Waals surface area (Å²) in [6.45, 7) is 0.854. The lowest BCUT2D eigenvalue weighted by molar-refractivity contribution is -0.169. The summed E-state index contributed by atoms with van der Waals surface area (Å²) < 4.78 is 11.0. The zero-order valence-electron chi connectivity index (χ0n) is 6.66. The maximum absolute atomic E-state index is 5.60. The molecule has 2 aliphatic rings. The Morgan fingerprint density at radius 1 is 1.36 bits per heavy atom. The average Bonchev–Trinajstić information content (AvgIpc) is 2.69. The van der Waals surface area contributed by atoms with Crippen LogP contribution in [0.5, 0.6) is 0 Å². The molecule has 2 N–H and O–H groups in total. The van der Waals surface area contributed by atoms with Gasteiger partial charge in [-0.3, -0.25) is 0 Å². The zero-order valence-corrected chi connectivity index (χ0v) is 6.66. The largest absolute Gasteiger partial charge is 0.353 e. The molecule has 0 aromatic heterocycles. The molecule has 1 aliphatic carbocycles. The van der Waals surface area contributed by atoms with Crippen molar-refractivity contribution in [2.45, 2.75) is 44.1 Å².